The van der Waals surface area contributed by atoms with Gasteiger partial charge < -0.3 is 0 Å². The zero-order valence-corrected chi connectivity index (χ0v) is 15.3. The van der Waals surface area contributed by atoms with Crippen molar-refractivity contribution in [2.75, 3.05) is 11.6 Å². The number of benzene rings is 1. The van der Waals surface area contributed by atoms with Crippen LogP contribution in [0.4, 0.5) is 5.82 Å². The van der Waals surface area contributed by atoms with Gasteiger partial charge in [-0.05, 0) is 33.5 Å². The average Bonchev–Trinajstić information content (AvgIpc) is 2.54. The number of carbonyl (C=O) groups is 1. The van der Waals surface area contributed by atoms with Crippen LogP contribution < -0.4 is 10.4 Å². The Balaban J connectivity index is 2.35. The Bertz CT molecular complexity index is 765. The Kier molecular flexibility index (Phi) is 5.52. The van der Waals surface area contributed by atoms with Crippen LogP contribution in [0.3, 0.4) is 0 Å². The number of aromatic nitrogens is 2. The van der Waals surface area contributed by atoms with Crippen molar-refractivity contribution in [3.63, 3.8) is 0 Å². The Morgan fingerprint density at radius 2 is 2.00 bits per heavy atom. The number of hydrogen-bond acceptors (Lipinski definition) is 5. The summed E-state index contributed by atoms with van der Waals surface area (Å²) in [6.45, 7) is 6.66. The smallest absolute Gasteiger partial charge is 0.267 e. The van der Waals surface area contributed by atoms with Gasteiger partial charge in [0.1, 0.15) is 6.07 Å². The Hall–Kier alpha value is -2.46. The van der Waals surface area contributed by atoms with Crippen molar-refractivity contribution in [3.05, 3.63) is 52.4 Å². The van der Waals surface area contributed by atoms with Crippen LogP contribution in [0.2, 0.25) is 0 Å². The van der Waals surface area contributed by atoms with Gasteiger partial charge in [0.25, 0.3) is 5.91 Å². The summed E-state index contributed by atoms with van der Waals surface area (Å²) in [6.07, 6.45) is 1.51. The number of halogens is 1. The van der Waals surface area contributed by atoms with Crippen LogP contribution in [-0.2, 0) is 0 Å². The summed E-state index contributed by atoms with van der Waals surface area (Å²) in [5.41, 5.74) is 3.30. The molecule has 0 bridgehead atoms. The molecule has 1 heterocycles. The normalized spacial score (nSPS) is 10.8. The molecule has 0 unspecified atom stereocenters. The number of nitrogens with zero attached hydrogens (tertiary/aromatic N) is 4. The zero-order chi connectivity index (χ0) is 17.7. The minimum atomic E-state index is -0.246. The molecule has 7 heteroatoms. The van der Waals surface area contributed by atoms with Gasteiger partial charge in [-0.3, -0.25) is 15.2 Å². The summed E-state index contributed by atoms with van der Waals surface area (Å²) in [6, 6.07) is 10.8. The molecule has 0 aliphatic rings. The second-order valence-electron chi connectivity index (χ2n) is 6.43. The number of hydrogen-bond donors (Lipinski definition) is 1. The van der Waals surface area contributed by atoms with E-state index in [1.54, 1.807) is 29.3 Å². The number of nitrogens with one attached hydrogen (secondary N) is 1. The second-order valence-corrected chi connectivity index (χ2v) is 7.29. The predicted molar refractivity (Wildman–Crippen MR) is 95.2 cm³/mol. The molecular weight excluding hydrogens is 370 g/mol. The lowest BCUT2D eigenvalue weighted by Gasteiger charge is -2.31. The van der Waals surface area contributed by atoms with Crippen LogP contribution in [0.25, 0.3) is 0 Å². The van der Waals surface area contributed by atoms with Gasteiger partial charge in [0.15, 0.2) is 5.82 Å². The van der Waals surface area contributed by atoms with Crippen molar-refractivity contribution in [1.29, 1.82) is 5.26 Å². The van der Waals surface area contributed by atoms with Gasteiger partial charge >= 0.3 is 0 Å². The fourth-order valence-electron chi connectivity index (χ4n) is 2.02. The first-order chi connectivity index (χ1) is 11.3. The molecule has 1 aromatic carbocycles. The van der Waals surface area contributed by atoms with Gasteiger partial charge in [-0.1, -0.05) is 39.0 Å². The zero-order valence-electron chi connectivity index (χ0n) is 13.7. The van der Waals surface area contributed by atoms with E-state index >= 15 is 0 Å². The lowest BCUT2D eigenvalue weighted by Crippen LogP contribution is -2.47. The number of carbonyl (C=O) groups excluding carboxylic acids is 1. The third-order valence-corrected chi connectivity index (χ3v) is 3.55. The van der Waals surface area contributed by atoms with Crippen LogP contribution in [0.1, 0.15) is 37.0 Å². The van der Waals surface area contributed by atoms with E-state index < -0.39 is 0 Å². The highest BCUT2D eigenvalue weighted by Crippen LogP contribution is 2.25. The van der Waals surface area contributed by atoms with Crippen LogP contribution in [0, 0.1) is 16.7 Å². The van der Waals surface area contributed by atoms with Gasteiger partial charge in [-0.15, -0.1) is 0 Å². The molecule has 0 aliphatic heterocycles. The van der Waals surface area contributed by atoms with Gasteiger partial charge in [0, 0.05) is 18.3 Å². The maximum absolute atomic E-state index is 12.5. The second kappa shape index (κ2) is 7.41. The van der Waals surface area contributed by atoms with E-state index in [-0.39, 0.29) is 17.1 Å². The molecule has 0 aliphatic carbocycles. The average molecular weight is 388 g/mol. The van der Waals surface area contributed by atoms with E-state index in [9.17, 15) is 4.79 Å². The molecule has 24 heavy (non-hydrogen) atoms. The fourth-order valence-corrected chi connectivity index (χ4v) is 2.42. The largest absolute Gasteiger partial charge is 0.269 e. The summed E-state index contributed by atoms with van der Waals surface area (Å²) in [7, 11) is 0. The summed E-state index contributed by atoms with van der Waals surface area (Å²) < 4.78 is 0.596. The third kappa shape index (κ3) is 4.77. The third-order valence-electron chi connectivity index (χ3n) is 2.99. The van der Waals surface area contributed by atoms with E-state index in [0.717, 1.165) is 0 Å². The minimum Gasteiger partial charge on any atom is -0.267 e. The van der Waals surface area contributed by atoms with Crippen molar-refractivity contribution in [2.45, 2.75) is 20.8 Å². The molecule has 0 saturated heterocycles. The molecule has 1 aromatic heterocycles. The SMILES string of the molecule is CC(C)(C)CN(NC(=O)c1ccccc1)c1nc(C#N)ncc1Br. The molecule has 0 atom stereocenters. The van der Waals surface area contributed by atoms with Crippen molar-refractivity contribution in [1.82, 2.24) is 15.4 Å². The van der Waals surface area contributed by atoms with E-state index in [4.69, 9.17) is 5.26 Å². The van der Waals surface area contributed by atoms with E-state index in [1.165, 1.54) is 6.20 Å². The Morgan fingerprint density at radius 1 is 1.33 bits per heavy atom. The summed E-state index contributed by atoms with van der Waals surface area (Å²) >= 11 is 3.39. The first-order valence-corrected chi connectivity index (χ1v) is 8.16. The van der Waals surface area contributed by atoms with E-state index in [2.05, 4.69) is 52.1 Å². The Morgan fingerprint density at radius 3 is 2.58 bits per heavy atom. The first-order valence-electron chi connectivity index (χ1n) is 7.36. The standard InChI is InChI=1S/C17H18BrN5O/c1-17(2,3)11-23(15-13(18)10-20-14(9-19)21-15)22-16(24)12-7-5-4-6-8-12/h4-8,10H,11H2,1-3H3,(H,22,24). The molecule has 1 N–H and O–H groups in total. The van der Waals surface area contributed by atoms with Crippen LogP contribution in [0.15, 0.2) is 41.0 Å². The fraction of sp³-hybridized carbons (Fsp3) is 0.294. The van der Waals surface area contributed by atoms with E-state index in [0.29, 0.717) is 22.4 Å². The summed E-state index contributed by atoms with van der Waals surface area (Å²) in [5.74, 6) is 0.241. The summed E-state index contributed by atoms with van der Waals surface area (Å²) in [4.78, 5) is 20.6. The quantitative estimate of drug-likeness (QED) is 0.813. The highest BCUT2D eigenvalue weighted by Gasteiger charge is 2.22. The lowest BCUT2D eigenvalue weighted by atomic mass is 9.97. The molecule has 6 nitrogen and oxygen atoms in total. The number of nitriles is 1. The molecule has 2 rings (SSSR count). The topological polar surface area (TPSA) is 81.9 Å². The molecule has 0 saturated carbocycles. The summed E-state index contributed by atoms with van der Waals surface area (Å²) in [5, 5.41) is 10.7. The first kappa shape index (κ1) is 17.9. The number of anilines is 1. The van der Waals surface area contributed by atoms with Crippen LogP contribution in [-0.4, -0.2) is 22.4 Å². The maximum Gasteiger partial charge on any atom is 0.269 e. The number of rotatable bonds is 4. The van der Waals surface area contributed by atoms with Gasteiger partial charge in [-0.25, -0.2) is 4.98 Å². The van der Waals surface area contributed by atoms with E-state index in [1.807, 2.05) is 12.1 Å². The van der Waals surface area contributed by atoms with Crippen molar-refractivity contribution in [3.8, 4) is 6.07 Å². The van der Waals surface area contributed by atoms with Gasteiger partial charge in [0.05, 0.1) is 4.47 Å². The van der Waals surface area contributed by atoms with Crippen molar-refractivity contribution < 1.29 is 4.79 Å². The van der Waals surface area contributed by atoms with Gasteiger partial charge in [-0.2, -0.15) is 10.2 Å². The molecule has 124 valence electrons. The van der Waals surface area contributed by atoms with Gasteiger partial charge in [0.2, 0.25) is 5.82 Å². The molecular formula is C17H18BrN5O. The molecule has 2 aromatic rings. The minimum absolute atomic E-state index is 0.0427. The lowest BCUT2D eigenvalue weighted by molar-refractivity contribution is 0.0945. The highest BCUT2D eigenvalue weighted by atomic mass is 79.9. The molecule has 0 fully saturated rings. The van der Waals surface area contributed by atoms with Crippen LogP contribution in [0.5, 0.6) is 0 Å². The van der Waals surface area contributed by atoms with Crippen molar-refractivity contribution >= 4 is 27.7 Å². The molecule has 1 amide bonds. The maximum atomic E-state index is 12.5. The van der Waals surface area contributed by atoms with Crippen LogP contribution >= 0.6 is 15.9 Å². The number of hydrazine groups is 1. The highest BCUT2D eigenvalue weighted by molar-refractivity contribution is 9.10. The monoisotopic (exact) mass is 387 g/mol. The predicted octanol–water partition coefficient (Wildman–Crippen LogP) is 3.31. The molecule has 0 spiro atoms. The van der Waals surface area contributed by atoms with Crippen molar-refractivity contribution in [2.24, 2.45) is 5.41 Å². The Labute approximate surface area is 149 Å². The number of amides is 1. The molecule has 0 radical (unpaired) electrons.